The normalized spacial score (nSPS) is 15.5. The van der Waals surface area contributed by atoms with Crippen molar-refractivity contribution in [1.82, 2.24) is 34.9 Å². The van der Waals surface area contributed by atoms with Crippen LogP contribution in [0.4, 0.5) is 11.5 Å². The Balaban J connectivity index is 1.47. The smallest absolute Gasteiger partial charge is 0.184 e. The molecule has 1 aliphatic rings. The molecule has 0 aliphatic carbocycles. The summed E-state index contributed by atoms with van der Waals surface area (Å²) in [6, 6.07) is 0.363. The number of nitrogens with one attached hydrogen (secondary N) is 2. The lowest BCUT2D eigenvalue weighted by Gasteiger charge is -2.22. The number of hydrogen-bond acceptors (Lipinski definition) is 8. The van der Waals surface area contributed by atoms with Gasteiger partial charge in [-0.15, -0.1) is 0 Å². The number of fused-ring (bicyclic) bond motifs is 1. The third kappa shape index (κ3) is 2.69. The van der Waals surface area contributed by atoms with Crippen LogP contribution in [0.3, 0.4) is 0 Å². The molecule has 0 amide bonds. The zero-order chi connectivity index (χ0) is 17.3. The number of hydrogen-bond donors (Lipinski definition) is 2. The summed E-state index contributed by atoms with van der Waals surface area (Å²) >= 11 is 0. The van der Waals surface area contributed by atoms with Gasteiger partial charge in [0.2, 0.25) is 0 Å². The van der Waals surface area contributed by atoms with Crippen molar-refractivity contribution in [2.75, 3.05) is 18.5 Å². The fourth-order valence-corrected chi connectivity index (χ4v) is 3.06. The third-order valence-corrected chi connectivity index (χ3v) is 4.39. The molecule has 2 N–H and O–H groups in total. The molecule has 5 heterocycles. The summed E-state index contributed by atoms with van der Waals surface area (Å²) in [6.07, 6.45) is 10.2. The summed E-state index contributed by atoms with van der Waals surface area (Å²) in [5, 5.41) is 14.8. The lowest BCUT2D eigenvalue weighted by Crippen LogP contribution is -2.19. The Hall–Kier alpha value is -3.27. The first-order valence-corrected chi connectivity index (χ1v) is 8.35. The van der Waals surface area contributed by atoms with Gasteiger partial charge in [0.15, 0.2) is 18.0 Å². The maximum Gasteiger partial charge on any atom is 0.184 e. The highest BCUT2D eigenvalue weighted by Gasteiger charge is 2.18. The van der Waals surface area contributed by atoms with Crippen molar-refractivity contribution in [3.05, 3.63) is 31.2 Å². The highest BCUT2D eigenvalue weighted by Crippen LogP contribution is 2.26. The van der Waals surface area contributed by atoms with Gasteiger partial charge in [0.1, 0.15) is 23.0 Å². The van der Waals surface area contributed by atoms with Gasteiger partial charge in [-0.25, -0.2) is 15.0 Å². The number of anilines is 2. The van der Waals surface area contributed by atoms with Gasteiger partial charge in [0.25, 0.3) is 0 Å². The summed E-state index contributed by atoms with van der Waals surface area (Å²) in [5.74, 6) is 1.07. The van der Waals surface area contributed by atoms with E-state index in [4.69, 9.17) is 9.15 Å². The standard InChI is InChI=1S/C16H16N8O2/c1-3-25-4-2-11(1)24-7-10(5-19-24)20-16-14-12(6-18-23-14)21-15(22-16)13-8-26-9-17-13/h5-9,11H,1-4H2,(H,18,23)(H,20,21,22). The van der Waals surface area contributed by atoms with E-state index in [9.17, 15) is 0 Å². The van der Waals surface area contributed by atoms with Crippen molar-refractivity contribution in [3.63, 3.8) is 0 Å². The molecule has 1 fully saturated rings. The maximum absolute atomic E-state index is 5.41. The van der Waals surface area contributed by atoms with Crippen molar-refractivity contribution < 1.29 is 9.15 Å². The number of aromatic nitrogens is 7. The minimum atomic E-state index is 0.363. The molecule has 5 rings (SSSR count). The number of aromatic amines is 1. The Morgan fingerprint density at radius 3 is 2.96 bits per heavy atom. The first kappa shape index (κ1) is 15.0. The van der Waals surface area contributed by atoms with Crippen molar-refractivity contribution in [2.24, 2.45) is 0 Å². The van der Waals surface area contributed by atoms with E-state index < -0.39 is 0 Å². The van der Waals surface area contributed by atoms with Crippen molar-refractivity contribution in [2.45, 2.75) is 18.9 Å². The predicted molar refractivity (Wildman–Crippen MR) is 91.8 cm³/mol. The fraction of sp³-hybridized carbons (Fsp3) is 0.312. The number of rotatable bonds is 4. The summed E-state index contributed by atoms with van der Waals surface area (Å²) in [6.45, 7) is 1.55. The molecule has 0 spiro atoms. The molecular formula is C16H16N8O2. The van der Waals surface area contributed by atoms with E-state index in [2.05, 4.69) is 35.6 Å². The Morgan fingerprint density at radius 1 is 1.19 bits per heavy atom. The van der Waals surface area contributed by atoms with E-state index in [1.807, 2.05) is 10.9 Å². The average molecular weight is 352 g/mol. The predicted octanol–water partition coefficient (Wildman–Crippen LogP) is 2.30. The van der Waals surface area contributed by atoms with Crippen LogP contribution in [0.5, 0.6) is 0 Å². The molecule has 0 radical (unpaired) electrons. The molecule has 10 nitrogen and oxygen atoms in total. The largest absolute Gasteiger partial charge is 0.451 e. The van der Waals surface area contributed by atoms with Crippen LogP contribution in [0.1, 0.15) is 18.9 Å². The molecule has 26 heavy (non-hydrogen) atoms. The average Bonchev–Trinajstić information content (AvgIpc) is 3.43. The Bertz CT molecular complexity index is 1020. The van der Waals surface area contributed by atoms with Crippen LogP contribution in [0, 0.1) is 0 Å². The quantitative estimate of drug-likeness (QED) is 0.574. The second-order valence-corrected chi connectivity index (χ2v) is 6.08. The van der Waals surface area contributed by atoms with E-state index in [-0.39, 0.29) is 0 Å². The van der Waals surface area contributed by atoms with Crippen LogP contribution in [0.15, 0.2) is 35.7 Å². The van der Waals surface area contributed by atoms with Crippen LogP contribution in [-0.4, -0.2) is 48.1 Å². The highest BCUT2D eigenvalue weighted by molar-refractivity contribution is 5.88. The molecule has 4 aromatic heterocycles. The Morgan fingerprint density at radius 2 is 2.12 bits per heavy atom. The van der Waals surface area contributed by atoms with Crippen LogP contribution in [0.25, 0.3) is 22.6 Å². The zero-order valence-electron chi connectivity index (χ0n) is 13.8. The minimum Gasteiger partial charge on any atom is -0.451 e. The number of oxazole rings is 1. The van der Waals surface area contributed by atoms with Crippen molar-refractivity contribution in [3.8, 4) is 11.5 Å². The summed E-state index contributed by atoms with van der Waals surface area (Å²) in [7, 11) is 0. The van der Waals surface area contributed by atoms with Gasteiger partial charge < -0.3 is 14.5 Å². The molecule has 0 unspecified atom stereocenters. The molecule has 0 aromatic carbocycles. The SMILES string of the molecule is c1nc(-c2nc(Nc3cnn(C4CCOCC4)c3)c3[nH]ncc3n2)co1. The minimum absolute atomic E-state index is 0.363. The van der Waals surface area contributed by atoms with Gasteiger partial charge in [-0.1, -0.05) is 0 Å². The van der Waals surface area contributed by atoms with E-state index >= 15 is 0 Å². The van der Waals surface area contributed by atoms with Gasteiger partial charge in [0, 0.05) is 19.4 Å². The molecule has 4 aromatic rings. The number of H-pyrrole nitrogens is 1. The zero-order valence-corrected chi connectivity index (χ0v) is 13.8. The van der Waals surface area contributed by atoms with Crippen molar-refractivity contribution in [1.29, 1.82) is 0 Å². The summed E-state index contributed by atoms with van der Waals surface area (Å²) in [4.78, 5) is 13.1. The van der Waals surface area contributed by atoms with Gasteiger partial charge in [-0.3, -0.25) is 9.78 Å². The lowest BCUT2D eigenvalue weighted by atomic mass is 10.1. The van der Waals surface area contributed by atoms with Crippen LogP contribution >= 0.6 is 0 Å². The van der Waals surface area contributed by atoms with E-state index in [0.29, 0.717) is 28.9 Å². The molecule has 132 valence electrons. The second-order valence-electron chi connectivity index (χ2n) is 6.08. The number of ether oxygens (including phenoxy) is 1. The van der Waals surface area contributed by atoms with Gasteiger partial charge >= 0.3 is 0 Å². The second kappa shape index (κ2) is 6.23. The highest BCUT2D eigenvalue weighted by atomic mass is 16.5. The van der Waals surface area contributed by atoms with Crippen molar-refractivity contribution >= 4 is 22.5 Å². The Labute approximate surface area is 147 Å². The summed E-state index contributed by atoms with van der Waals surface area (Å²) < 4.78 is 12.4. The van der Waals surface area contributed by atoms with Crippen LogP contribution in [0.2, 0.25) is 0 Å². The lowest BCUT2D eigenvalue weighted by molar-refractivity contribution is 0.0662. The monoisotopic (exact) mass is 352 g/mol. The van der Waals surface area contributed by atoms with E-state index in [0.717, 1.165) is 37.3 Å². The van der Waals surface area contributed by atoms with Gasteiger partial charge in [-0.2, -0.15) is 10.2 Å². The van der Waals surface area contributed by atoms with Gasteiger partial charge in [0.05, 0.1) is 24.1 Å². The molecule has 10 heteroatoms. The van der Waals surface area contributed by atoms with Crippen LogP contribution in [-0.2, 0) is 4.74 Å². The van der Waals surface area contributed by atoms with E-state index in [1.54, 1.807) is 12.4 Å². The topological polar surface area (TPSA) is 120 Å². The molecular weight excluding hydrogens is 336 g/mol. The fourth-order valence-electron chi connectivity index (χ4n) is 3.06. The molecule has 0 bridgehead atoms. The first-order valence-electron chi connectivity index (χ1n) is 8.35. The molecule has 1 aliphatic heterocycles. The first-order chi connectivity index (χ1) is 12.9. The maximum atomic E-state index is 5.41. The molecule has 1 saturated heterocycles. The van der Waals surface area contributed by atoms with Gasteiger partial charge in [-0.05, 0) is 12.8 Å². The third-order valence-electron chi connectivity index (χ3n) is 4.39. The van der Waals surface area contributed by atoms with E-state index in [1.165, 1.54) is 12.7 Å². The Kier molecular flexibility index (Phi) is 3.60. The molecule has 0 saturated carbocycles. The van der Waals surface area contributed by atoms with Crippen LogP contribution < -0.4 is 5.32 Å². The molecule has 0 atom stereocenters. The summed E-state index contributed by atoms with van der Waals surface area (Å²) in [5.41, 5.74) is 2.82. The number of nitrogens with zero attached hydrogens (tertiary/aromatic N) is 6.